The van der Waals surface area contributed by atoms with E-state index in [-0.39, 0.29) is 6.04 Å². The van der Waals surface area contributed by atoms with E-state index < -0.39 is 11.7 Å². The van der Waals surface area contributed by atoms with Gasteiger partial charge in [-0.15, -0.1) is 0 Å². The van der Waals surface area contributed by atoms with Crippen LogP contribution < -0.4 is 5.32 Å². The van der Waals surface area contributed by atoms with Crippen LogP contribution >= 0.6 is 11.3 Å². The van der Waals surface area contributed by atoms with E-state index in [2.05, 4.69) is 20.4 Å². The lowest BCUT2D eigenvalue weighted by atomic mass is 10.1. The molecule has 1 aliphatic heterocycles. The van der Waals surface area contributed by atoms with Gasteiger partial charge >= 0.3 is 6.18 Å². The second-order valence-electron chi connectivity index (χ2n) is 6.08. The quantitative estimate of drug-likeness (QED) is 0.738. The van der Waals surface area contributed by atoms with Crippen LogP contribution in [0.2, 0.25) is 0 Å². The van der Waals surface area contributed by atoms with Gasteiger partial charge in [-0.25, -0.2) is 14.6 Å². The summed E-state index contributed by atoms with van der Waals surface area (Å²) in [6, 6.07) is 3.54. The molecule has 1 unspecified atom stereocenters. The Balaban J connectivity index is 1.60. The molecule has 138 valence electrons. The number of hydrogen-bond acceptors (Lipinski definition) is 6. The summed E-state index contributed by atoms with van der Waals surface area (Å²) in [5, 5.41) is 8.29. The summed E-state index contributed by atoms with van der Waals surface area (Å²) in [7, 11) is 1.59. The number of fused-ring (bicyclic) bond motifs is 2. The van der Waals surface area contributed by atoms with E-state index in [1.165, 1.54) is 17.4 Å². The largest absolute Gasteiger partial charge is 0.416 e. The van der Waals surface area contributed by atoms with Crippen molar-refractivity contribution in [2.24, 2.45) is 0 Å². The number of aryl methyl sites for hydroxylation is 1. The van der Waals surface area contributed by atoms with Crippen LogP contribution in [0.4, 0.5) is 18.3 Å². The van der Waals surface area contributed by atoms with Crippen molar-refractivity contribution in [1.29, 1.82) is 0 Å². The van der Waals surface area contributed by atoms with Gasteiger partial charge in [0.1, 0.15) is 12.4 Å². The molecule has 2 aromatic heterocycles. The zero-order chi connectivity index (χ0) is 18.3. The first-order chi connectivity index (χ1) is 12.4. The Morgan fingerprint density at radius 3 is 2.96 bits per heavy atom. The molecule has 0 radical (unpaired) electrons. The fraction of sp³-hybridized carbons (Fsp3) is 0.438. The highest BCUT2D eigenvalue weighted by atomic mass is 32.1. The third-order valence-electron chi connectivity index (χ3n) is 4.20. The van der Waals surface area contributed by atoms with Crippen molar-refractivity contribution in [3.63, 3.8) is 0 Å². The van der Waals surface area contributed by atoms with Gasteiger partial charge in [-0.1, -0.05) is 11.3 Å². The minimum absolute atomic E-state index is 0.0792. The van der Waals surface area contributed by atoms with Crippen LogP contribution in [0.5, 0.6) is 0 Å². The molecular weight excluding hydrogens is 367 g/mol. The minimum atomic E-state index is -4.37. The number of thiazole rings is 1. The van der Waals surface area contributed by atoms with E-state index in [1.807, 2.05) is 4.68 Å². The summed E-state index contributed by atoms with van der Waals surface area (Å²) in [6.45, 7) is 1.13. The molecule has 26 heavy (non-hydrogen) atoms. The average molecular weight is 383 g/mol. The van der Waals surface area contributed by atoms with Gasteiger partial charge in [-0.2, -0.15) is 18.3 Å². The van der Waals surface area contributed by atoms with Crippen molar-refractivity contribution >= 4 is 26.7 Å². The van der Waals surface area contributed by atoms with Gasteiger partial charge in [0.25, 0.3) is 0 Å². The zero-order valence-electron chi connectivity index (χ0n) is 13.9. The number of benzene rings is 1. The minimum Gasteiger partial charge on any atom is -0.377 e. The van der Waals surface area contributed by atoms with Crippen molar-refractivity contribution in [3.8, 4) is 0 Å². The van der Waals surface area contributed by atoms with Crippen molar-refractivity contribution in [1.82, 2.24) is 19.7 Å². The number of hydrogen-bond donors (Lipinski definition) is 1. The Labute approximate surface area is 151 Å². The smallest absolute Gasteiger partial charge is 0.377 e. The number of halogens is 3. The van der Waals surface area contributed by atoms with Gasteiger partial charge in [-0.3, -0.25) is 0 Å². The van der Waals surface area contributed by atoms with Crippen LogP contribution in [0.25, 0.3) is 10.2 Å². The maximum absolute atomic E-state index is 12.9. The normalized spacial score (nSPS) is 17.5. The highest BCUT2D eigenvalue weighted by Gasteiger charge is 2.31. The number of anilines is 1. The second kappa shape index (κ2) is 6.51. The summed E-state index contributed by atoms with van der Waals surface area (Å²) in [4.78, 5) is 8.83. The second-order valence-corrected chi connectivity index (χ2v) is 7.11. The van der Waals surface area contributed by atoms with Crippen LogP contribution in [0, 0.1) is 0 Å². The van der Waals surface area contributed by atoms with Gasteiger partial charge in [0.05, 0.1) is 21.8 Å². The van der Waals surface area contributed by atoms with E-state index in [0.717, 1.165) is 37.3 Å². The number of rotatable bonds is 4. The predicted octanol–water partition coefficient (Wildman–Crippen LogP) is 4.00. The maximum atomic E-state index is 12.9. The molecule has 3 aromatic rings. The monoisotopic (exact) mass is 383 g/mol. The molecule has 3 heterocycles. The average Bonchev–Trinajstić information content (AvgIpc) is 3.17. The zero-order valence-corrected chi connectivity index (χ0v) is 14.7. The third-order valence-corrected chi connectivity index (χ3v) is 5.17. The molecule has 0 saturated heterocycles. The first-order valence-electron chi connectivity index (χ1n) is 8.11. The molecule has 1 aliphatic rings. The molecule has 0 fully saturated rings. The number of aromatic nitrogens is 4. The topological polar surface area (TPSA) is 64.9 Å². The number of nitrogens with one attached hydrogen (secondary N) is 1. The number of ether oxygens (including phenoxy) is 1. The van der Waals surface area contributed by atoms with Gasteiger partial charge in [0, 0.05) is 13.7 Å². The number of methoxy groups -OCH3 is 1. The highest BCUT2D eigenvalue weighted by Crippen LogP contribution is 2.35. The van der Waals surface area contributed by atoms with E-state index in [9.17, 15) is 13.2 Å². The highest BCUT2D eigenvalue weighted by molar-refractivity contribution is 7.22. The molecule has 6 nitrogen and oxygen atoms in total. The Kier molecular flexibility index (Phi) is 4.31. The Morgan fingerprint density at radius 2 is 2.19 bits per heavy atom. The molecule has 0 saturated carbocycles. The lowest BCUT2D eigenvalue weighted by molar-refractivity contribution is -0.137. The first-order valence-corrected chi connectivity index (χ1v) is 8.92. The standard InChI is InChI=1S/C16H16F3N5OS/c1-25-8-13-22-14-10(3-2-6-24(14)23-13)20-15-21-11-7-9(16(17,18)19)4-5-12(11)26-15/h4-5,7,10H,2-3,6,8H2,1H3,(H,20,21). The van der Waals surface area contributed by atoms with Gasteiger partial charge in [0.15, 0.2) is 11.0 Å². The molecule has 0 bridgehead atoms. The van der Waals surface area contributed by atoms with Crippen molar-refractivity contribution < 1.29 is 17.9 Å². The molecule has 0 aliphatic carbocycles. The first kappa shape index (κ1) is 17.2. The maximum Gasteiger partial charge on any atom is 0.416 e. The number of alkyl halides is 3. The summed E-state index contributed by atoms with van der Waals surface area (Å²) in [5.41, 5.74) is -0.354. The van der Waals surface area contributed by atoms with E-state index in [1.54, 1.807) is 7.11 Å². The van der Waals surface area contributed by atoms with Crippen molar-refractivity contribution in [2.45, 2.75) is 38.2 Å². The van der Waals surface area contributed by atoms with Crippen molar-refractivity contribution in [3.05, 3.63) is 35.4 Å². The molecular formula is C16H16F3N5OS. The molecule has 0 spiro atoms. The Morgan fingerprint density at radius 1 is 1.35 bits per heavy atom. The van der Waals surface area contributed by atoms with Crippen molar-refractivity contribution in [2.75, 3.05) is 12.4 Å². The molecule has 1 N–H and O–H groups in total. The fourth-order valence-electron chi connectivity index (χ4n) is 3.04. The molecule has 0 amide bonds. The van der Waals surface area contributed by atoms with Crippen LogP contribution in [0.1, 0.15) is 36.1 Å². The van der Waals surface area contributed by atoms with Crippen LogP contribution in [-0.2, 0) is 24.1 Å². The lowest BCUT2D eigenvalue weighted by Crippen LogP contribution is -2.22. The summed E-state index contributed by atoms with van der Waals surface area (Å²) in [5.74, 6) is 1.42. The summed E-state index contributed by atoms with van der Waals surface area (Å²) in [6.07, 6.45) is -2.58. The molecule has 1 aromatic carbocycles. The van der Waals surface area contributed by atoms with E-state index >= 15 is 0 Å². The summed E-state index contributed by atoms with van der Waals surface area (Å²) >= 11 is 1.33. The Hall–Kier alpha value is -2.20. The van der Waals surface area contributed by atoms with Gasteiger partial charge in [-0.05, 0) is 31.0 Å². The van der Waals surface area contributed by atoms with E-state index in [0.29, 0.717) is 27.8 Å². The number of nitrogens with zero attached hydrogens (tertiary/aromatic N) is 4. The third kappa shape index (κ3) is 3.26. The van der Waals surface area contributed by atoms with Crippen LogP contribution in [-0.4, -0.2) is 26.9 Å². The molecule has 4 rings (SSSR count). The van der Waals surface area contributed by atoms with Crippen LogP contribution in [0.15, 0.2) is 18.2 Å². The van der Waals surface area contributed by atoms with Crippen LogP contribution in [0.3, 0.4) is 0 Å². The van der Waals surface area contributed by atoms with E-state index in [4.69, 9.17) is 4.74 Å². The molecule has 10 heteroatoms. The predicted molar refractivity (Wildman–Crippen MR) is 91.0 cm³/mol. The van der Waals surface area contributed by atoms with Gasteiger partial charge < -0.3 is 10.1 Å². The lowest BCUT2D eigenvalue weighted by Gasteiger charge is -2.22. The fourth-order valence-corrected chi connectivity index (χ4v) is 3.94. The molecule has 1 atom stereocenters. The summed E-state index contributed by atoms with van der Waals surface area (Å²) < 4.78 is 46.2. The Bertz CT molecular complexity index is 936. The van der Waals surface area contributed by atoms with Gasteiger partial charge in [0.2, 0.25) is 0 Å². The SMILES string of the molecule is COCc1nc2n(n1)CCCC2Nc1nc2cc(C(F)(F)F)ccc2s1.